The molecule has 6 atom stereocenters. The van der Waals surface area contributed by atoms with Crippen molar-refractivity contribution in [3.05, 3.63) is 346 Å². The zero-order valence-electron chi connectivity index (χ0n) is 89.7. The second-order valence-electron chi connectivity index (χ2n) is 52.0. The maximum atomic E-state index is 2.88. The Hall–Kier alpha value is -13.1. The van der Waals surface area contributed by atoms with Crippen LogP contribution in [0.15, 0.2) is 285 Å². The molecule has 0 bridgehead atoms. The highest BCUT2D eigenvalue weighted by Crippen LogP contribution is 2.68. The zero-order valence-corrected chi connectivity index (χ0v) is 91.4. The summed E-state index contributed by atoms with van der Waals surface area (Å²) in [5.41, 5.74) is 50.2. The van der Waals surface area contributed by atoms with Crippen LogP contribution in [0.2, 0.25) is 0 Å². The number of hydrogen-bond acceptors (Lipinski definition) is 7. The van der Waals surface area contributed by atoms with Crippen molar-refractivity contribution in [3.8, 4) is 33.9 Å². The molecule has 0 amide bonds. The summed E-state index contributed by atoms with van der Waals surface area (Å²) in [6.45, 7) is 49.2. The van der Waals surface area contributed by atoms with Gasteiger partial charge in [-0.3, -0.25) is 0 Å². The van der Waals surface area contributed by atoms with Crippen molar-refractivity contribution < 1.29 is 0 Å². The Bertz CT molecular complexity index is 9160. The van der Waals surface area contributed by atoms with Crippen LogP contribution in [-0.4, -0.2) is 39.2 Å². The van der Waals surface area contributed by atoms with Gasteiger partial charge < -0.3 is 33.6 Å². The first kappa shape index (κ1) is 90.1. The minimum absolute atomic E-state index is 0.00433. The first-order valence-electron chi connectivity index (χ1n) is 55.4. The summed E-state index contributed by atoms with van der Waals surface area (Å²) in [7, 11) is 0. The topological polar surface area (TPSA) is 26.1 Å². The van der Waals surface area contributed by atoms with E-state index in [-0.39, 0.29) is 73.4 Å². The number of anilines is 12. The maximum Gasteiger partial charge on any atom is 0.252 e. The van der Waals surface area contributed by atoms with E-state index in [2.05, 4.69) is 457 Å². The van der Waals surface area contributed by atoms with Crippen molar-refractivity contribution >= 4 is 199 Å². The zero-order chi connectivity index (χ0) is 101. The fraction of sp³-hybridized carbons (Fsp3) is 0.314. The summed E-state index contributed by atoms with van der Waals surface area (Å²) in [6, 6.07) is 114. The van der Waals surface area contributed by atoms with Gasteiger partial charge in [-0.2, -0.15) is 0 Å². The van der Waals surface area contributed by atoms with E-state index in [1.807, 2.05) is 22.7 Å². The van der Waals surface area contributed by atoms with Gasteiger partial charge in [-0.1, -0.05) is 337 Å². The lowest BCUT2D eigenvalue weighted by Crippen LogP contribution is -2.61. The van der Waals surface area contributed by atoms with E-state index >= 15 is 0 Å². The van der Waals surface area contributed by atoms with Crippen LogP contribution < -0.4 is 57.3 Å². The Balaban J connectivity index is 0.000000141. The highest BCUT2D eigenvalue weighted by atomic mass is 32.1. The summed E-state index contributed by atoms with van der Waals surface area (Å²) >= 11 is 3.86. The Morgan fingerprint density at radius 2 is 0.649 bits per heavy atom. The fourth-order valence-electron chi connectivity index (χ4n) is 32.6. The quantitative estimate of drug-likeness (QED) is 0.160. The minimum atomic E-state index is -0.192. The molecule has 0 saturated heterocycles. The third-order valence-corrected chi connectivity index (χ3v) is 43.0. The molecule has 7 aliphatic heterocycles. The maximum absolute atomic E-state index is 2.88. The fourth-order valence-corrected chi connectivity index (χ4v) is 35.0. The molecule has 11 heterocycles. The van der Waals surface area contributed by atoms with E-state index in [4.69, 9.17) is 0 Å². The van der Waals surface area contributed by atoms with Crippen LogP contribution >= 0.6 is 22.7 Å². The average Bonchev–Trinajstić information content (AvgIpc) is 1.47. The Morgan fingerprint density at radius 1 is 0.277 bits per heavy atom. The number of fused-ring (bicyclic) bond motifs is 33. The van der Waals surface area contributed by atoms with E-state index in [0.29, 0.717) is 0 Å². The lowest BCUT2D eigenvalue weighted by atomic mass is 9.33. The first-order valence-corrected chi connectivity index (χ1v) is 57.0. The molecule has 15 aromatic carbocycles. The molecule has 3 fully saturated rings. The number of rotatable bonds is 5. The summed E-state index contributed by atoms with van der Waals surface area (Å²) in [5.74, 6) is 0. The van der Waals surface area contributed by atoms with Gasteiger partial charge in [0.15, 0.2) is 0 Å². The predicted molar refractivity (Wildman–Crippen MR) is 635 cm³/mol. The van der Waals surface area contributed by atoms with Gasteiger partial charge in [0, 0.05) is 164 Å². The molecule has 12 aliphatic rings. The molecule has 11 heteroatoms. The number of aromatic nitrogens is 2. The average molecular weight is 1960 g/mol. The normalized spacial score (nSPS) is 22.7. The third-order valence-electron chi connectivity index (χ3n) is 40.6. The van der Waals surface area contributed by atoms with E-state index in [1.165, 1.54) is 322 Å². The number of para-hydroxylation sites is 2. The van der Waals surface area contributed by atoms with E-state index < -0.39 is 0 Å². The number of aryl methyl sites for hydroxylation is 1. The molecule has 4 aromatic heterocycles. The predicted octanol–water partition coefficient (Wildman–Crippen LogP) is 33.3. The molecule has 3 saturated carbocycles. The monoisotopic (exact) mass is 1960 g/mol. The molecule has 732 valence electrons. The number of thiophene rings is 2. The molecule has 19 aromatic rings. The lowest BCUT2D eigenvalue weighted by molar-refractivity contribution is 0.195. The second-order valence-corrected chi connectivity index (χ2v) is 54.1. The van der Waals surface area contributed by atoms with Crippen molar-refractivity contribution in [2.45, 2.75) is 275 Å². The van der Waals surface area contributed by atoms with Crippen LogP contribution in [0.4, 0.5) is 68.2 Å². The molecule has 148 heavy (non-hydrogen) atoms. The van der Waals surface area contributed by atoms with Gasteiger partial charge in [-0.05, 0) is 274 Å². The first-order chi connectivity index (χ1) is 71.0. The molecule has 7 nitrogen and oxygen atoms in total. The molecule has 0 radical (unpaired) electrons. The summed E-state index contributed by atoms with van der Waals surface area (Å²) in [4.78, 5) is 14.0. The van der Waals surface area contributed by atoms with Crippen molar-refractivity contribution in [2.24, 2.45) is 0 Å². The molecule has 0 spiro atoms. The SMILES string of the molecule is CC(C)(C)c1ccc2c(c1)C1(C)CCCCC1(C)N2c1ccc2c(c1)N(c1cccc3sc4ccccc4c13)c1cc(N3c4ccc(C(C)(C)C)cc4C4(C)CCCCC34C)cc3c1B2c1cccc2c4c(n-3c12)-c1ccccc1C4(C)C.Cc1cc2c3c(c1)-n1c4c(c5cccc(c51)B3c1ccc(N3c5ccc(C(C)(C)C)cc5C5(C)CCCCC35C)cc1N2c1cccc2c1sc1ccccc12)C(C)(C)c1ccccc1-4. The van der Waals surface area contributed by atoms with Crippen LogP contribution in [0.1, 0.15) is 270 Å². The molecule has 6 unspecified atom stereocenters. The van der Waals surface area contributed by atoms with Crippen LogP contribution in [0, 0.1) is 6.92 Å². The van der Waals surface area contributed by atoms with Gasteiger partial charge in [0.2, 0.25) is 0 Å². The van der Waals surface area contributed by atoms with Gasteiger partial charge in [-0.15, -0.1) is 22.7 Å². The third kappa shape index (κ3) is 11.3. The van der Waals surface area contributed by atoms with Gasteiger partial charge in [-0.25, -0.2) is 0 Å². The molecular formula is C137H131B2N7S2. The van der Waals surface area contributed by atoms with Crippen molar-refractivity contribution in [1.29, 1.82) is 0 Å². The van der Waals surface area contributed by atoms with Gasteiger partial charge >= 0.3 is 0 Å². The van der Waals surface area contributed by atoms with Crippen molar-refractivity contribution in [3.63, 3.8) is 0 Å². The highest BCUT2D eigenvalue weighted by molar-refractivity contribution is 7.26. The Labute approximate surface area is 881 Å². The molecule has 5 aliphatic carbocycles. The van der Waals surface area contributed by atoms with Crippen LogP contribution in [0.5, 0.6) is 0 Å². The second kappa shape index (κ2) is 29.8. The Kier molecular flexibility index (Phi) is 18.1. The van der Waals surface area contributed by atoms with E-state index in [0.717, 1.165) is 12.8 Å². The molecular weight excluding hydrogens is 1830 g/mol. The lowest BCUT2D eigenvalue weighted by Gasteiger charge is -2.51. The minimum Gasteiger partial charge on any atom is -0.334 e. The van der Waals surface area contributed by atoms with Gasteiger partial charge in [0.25, 0.3) is 13.4 Å². The smallest absolute Gasteiger partial charge is 0.252 e. The van der Waals surface area contributed by atoms with Gasteiger partial charge in [0.05, 0.1) is 44.1 Å². The van der Waals surface area contributed by atoms with Crippen LogP contribution in [0.3, 0.4) is 0 Å². The standard InChI is InChI=1S/C77H77BN4S.C60H54BN3S/c1-71(2,3)46-31-35-58-54(41-46)74(9)37-17-19-39-76(74,11)81(58)48-33-34-56-61(43-48)79(60-28-22-30-65-66(60)51-24-14-16-29-64(51)83-65)62-44-49(82-59-36-32-47(72(4,5)6)42-55(59)75(10)38-18-20-40-77(75,82)12)45-63-68(62)78(56)57-27-21-25-52-67-70(80(63)69(52)57)50-23-13-15-26-53(50)73(67,7)8;1-35-31-49-53-50(32-35)63-54-41(52-55(63)40-18-9-11-21-42(40)58(52,5)6)20-15-22-45(54)61(53)44-27-26-37(34-48(44)62(49)47-23-16-19-39-38-17-10-12-24-51(38)65-56(39)47)64-46-28-25-36(57(2,3)4)33-43(46)59(7)29-13-14-30-60(59,64)8/h13-16,21-36,41-45H,17-20,37-40H2,1-12H3;9-12,15-28,31-34H,13-14,29-30H2,1-8H3. The number of hydrogen-bond donors (Lipinski definition) is 0. The summed E-state index contributed by atoms with van der Waals surface area (Å²) < 4.78 is 10.8. The molecule has 0 N–H and O–H groups in total. The van der Waals surface area contributed by atoms with Crippen LogP contribution in [0.25, 0.3) is 96.0 Å². The van der Waals surface area contributed by atoms with E-state index in [1.54, 1.807) is 0 Å². The van der Waals surface area contributed by atoms with Crippen LogP contribution in [-0.2, 0) is 43.3 Å². The van der Waals surface area contributed by atoms with Gasteiger partial charge in [0.1, 0.15) is 0 Å². The number of nitrogens with zero attached hydrogens (tertiary/aromatic N) is 7. The van der Waals surface area contributed by atoms with Crippen molar-refractivity contribution in [1.82, 2.24) is 9.13 Å². The van der Waals surface area contributed by atoms with Crippen molar-refractivity contribution in [2.75, 3.05) is 24.5 Å². The van der Waals surface area contributed by atoms with E-state index in [9.17, 15) is 0 Å². The number of benzene rings is 15. The largest absolute Gasteiger partial charge is 0.334 e. The highest BCUT2D eigenvalue weighted by Gasteiger charge is 2.63. The molecule has 31 rings (SSSR count). The Morgan fingerprint density at radius 3 is 1.14 bits per heavy atom. The summed E-state index contributed by atoms with van der Waals surface area (Å²) in [5, 5.41) is 8.08. The summed E-state index contributed by atoms with van der Waals surface area (Å²) in [6.07, 6.45) is 14.5.